The fourth-order valence-electron chi connectivity index (χ4n) is 3.75. The average molecular weight is 379 g/mol. The van der Waals surface area contributed by atoms with Crippen LogP contribution in [0.2, 0.25) is 0 Å². The second kappa shape index (κ2) is 7.13. The van der Waals surface area contributed by atoms with Gasteiger partial charge in [0.25, 0.3) is 0 Å². The van der Waals surface area contributed by atoms with Gasteiger partial charge in [-0.15, -0.1) is 0 Å². The van der Waals surface area contributed by atoms with E-state index in [1.54, 1.807) is 25.1 Å². The highest BCUT2D eigenvalue weighted by Gasteiger charge is 2.50. The van der Waals surface area contributed by atoms with Gasteiger partial charge in [0.2, 0.25) is 5.69 Å². The lowest BCUT2D eigenvalue weighted by Gasteiger charge is -2.35. The number of hydrogen-bond donors (Lipinski definition) is 0. The molecule has 28 heavy (non-hydrogen) atoms. The van der Waals surface area contributed by atoms with E-state index in [1.165, 1.54) is 18.3 Å². The summed E-state index contributed by atoms with van der Waals surface area (Å²) in [7, 11) is 0. The molecule has 2 aromatic rings. The van der Waals surface area contributed by atoms with E-state index in [9.17, 15) is 9.18 Å². The molecule has 2 atom stereocenters. The van der Waals surface area contributed by atoms with Gasteiger partial charge < -0.3 is 9.47 Å². The molecular weight excluding hydrogens is 361 g/mol. The standard InChI is InChI=1S/C21H18FN3O3/c1-13-25-21(7-8-27-20(21)12-28-13)16-9-14(3-5-17(16)22)10-19(26)18-6-4-15(23-2)11-24-18/h3-6,9,11,20H,7-8,10,12H2,1H3/t20-,21+/m0/s1. The quantitative estimate of drug-likeness (QED) is 0.601. The highest BCUT2D eigenvalue weighted by molar-refractivity contribution is 5.96. The molecule has 0 radical (unpaired) electrons. The minimum Gasteiger partial charge on any atom is -0.478 e. The summed E-state index contributed by atoms with van der Waals surface area (Å²) >= 11 is 0. The zero-order valence-corrected chi connectivity index (χ0v) is 15.3. The molecule has 1 saturated heterocycles. The number of aliphatic imine (C=N–C) groups is 1. The fourth-order valence-corrected chi connectivity index (χ4v) is 3.75. The molecule has 1 aromatic carbocycles. The Morgan fingerprint density at radius 1 is 1.39 bits per heavy atom. The number of nitrogens with zero attached hydrogens (tertiary/aromatic N) is 3. The van der Waals surface area contributed by atoms with Crippen molar-refractivity contribution >= 4 is 17.4 Å². The fraction of sp³-hybridized carbons (Fsp3) is 0.333. The number of carbonyl (C=O) groups excluding carboxylic acids is 1. The molecule has 1 fully saturated rings. The molecule has 1 aromatic heterocycles. The Balaban J connectivity index is 1.65. The molecule has 2 aliphatic rings. The molecule has 4 rings (SSSR count). The second-order valence-corrected chi connectivity index (χ2v) is 6.90. The van der Waals surface area contributed by atoms with E-state index in [0.717, 1.165) is 0 Å². The molecule has 0 amide bonds. The van der Waals surface area contributed by atoms with Crippen molar-refractivity contribution < 1.29 is 18.7 Å². The van der Waals surface area contributed by atoms with E-state index < -0.39 is 5.54 Å². The number of rotatable bonds is 4. The number of ether oxygens (including phenoxy) is 2. The topological polar surface area (TPSA) is 65.1 Å². The van der Waals surface area contributed by atoms with Crippen molar-refractivity contribution in [3.05, 3.63) is 70.6 Å². The predicted octanol–water partition coefficient (Wildman–Crippen LogP) is 3.63. The van der Waals surface area contributed by atoms with Crippen molar-refractivity contribution in [2.45, 2.75) is 31.4 Å². The van der Waals surface area contributed by atoms with Crippen molar-refractivity contribution in [2.75, 3.05) is 13.2 Å². The number of fused-ring (bicyclic) bond motifs is 1. The van der Waals surface area contributed by atoms with E-state index in [4.69, 9.17) is 16.0 Å². The highest BCUT2D eigenvalue weighted by Crippen LogP contribution is 2.43. The van der Waals surface area contributed by atoms with Crippen LogP contribution in [0.15, 0.2) is 41.5 Å². The van der Waals surface area contributed by atoms with Crippen LogP contribution in [0, 0.1) is 12.4 Å². The van der Waals surface area contributed by atoms with Gasteiger partial charge in [-0.25, -0.2) is 14.2 Å². The molecule has 0 aliphatic carbocycles. The summed E-state index contributed by atoms with van der Waals surface area (Å²) in [6, 6.07) is 7.76. The molecule has 3 heterocycles. The molecule has 6 nitrogen and oxygen atoms in total. The number of benzene rings is 1. The third kappa shape index (κ3) is 3.16. The molecule has 0 bridgehead atoms. The maximum atomic E-state index is 14.8. The number of aromatic nitrogens is 1. The van der Waals surface area contributed by atoms with Gasteiger partial charge >= 0.3 is 0 Å². The summed E-state index contributed by atoms with van der Waals surface area (Å²) in [5.74, 6) is -0.0612. The van der Waals surface area contributed by atoms with Gasteiger partial charge in [-0.3, -0.25) is 9.78 Å². The summed E-state index contributed by atoms with van der Waals surface area (Å²) in [5, 5.41) is 0. The van der Waals surface area contributed by atoms with Crippen molar-refractivity contribution in [3.8, 4) is 0 Å². The van der Waals surface area contributed by atoms with E-state index in [-0.39, 0.29) is 29.8 Å². The smallest absolute Gasteiger partial charge is 0.205 e. The molecule has 0 N–H and O–H groups in total. The Bertz CT molecular complexity index is 997. The Labute approximate surface area is 161 Å². The van der Waals surface area contributed by atoms with Crippen molar-refractivity contribution in [2.24, 2.45) is 4.99 Å². The highest BCUT2D eigenvalue weighted by atomic mass is 19.1. The van der Waals surface area contributed by atoms with Crippen LogP contribution in [-0.4, -0.2) is 36.0 Å². The minimum absolute atomic E-state index is 0.0818. The second-order valence-electron chi connectivity index (χ2n) is 6.90. The van der Waals surface area contributed by atoms with E-state index >= 15 is 0 Å². The van der Waals surface area contributed by atoms with Crippen molar-refractivity contribution in [1.29, 1.82) is 0 Å². The van der Waals surface area contributed by atoms with Crippen LogP contribution in [0.4, 0.5) is 10.1 Å². The van der Waals surface area contributed by atoms with Crippen LogP contribution in [0.5, 0.6) is 0 Å². The lowest BCUT2D eigenvalue weighted by atomic mass is 9.82. The van der Waals surface area contributed by atoms with Gasteiger partial charge in [0.1, 0.15) is 29.8 Å². The molecule has 7 heteroatoms. The van der Waals surface area contributed by atoms with E-state index in [1.807, 2.05) is 0 Å². The van der Waals surface area contributed by atoms with Crippen LogP contribution >= 0.6 is 0 Å². The summed E-state index contributed by atoms with van der Waals surface area (Å²) < 4.78 is 26.0. The predicted molar refractivity (Wildman–Crippen MR) is 100 cm³/mol. The minimum atomic E-state index is -0.818. The van der Waals surface area contributed by atoms with Crippen LogP contribution in [0.3, 0.4) is 0 Å². The van der Waals surface area contributed by atoms with Crippen LogP contribution < -0.4 is 0 Å². The first-order valence-electron chi connectivity index (χ1n) is 8.98. The number of hydrogen-bond acceptors (Lipinski definition) is 5. The maximum absolute atomic E-state index is 14.8. The van der Waals surface area contributed by atoms with Gasteiger partial charge in [0, 0.05) is 31.5 Å². The summed E-state index contributed by atoms with van der Waals surface area (Å²) in [4.78, 5) is 24.5. The Morgan fingerprint density at radius 3 is 3.00 bits per heavy atom. The van der Waals surface area contributed by atoms with Crippen LogP contribution in [-0.2, 0) is 21.4 Å². The van der Waals surface area contributed by atoms with Gasteiger partial charge in [-0.2, -0.15) is 0 Å². The monoisotopic (exact) mass is 379 g/mol. The van der Waals surface area contributed by atoms with Crippen molar-refractivity contribution in [1.82, 2.24) is 4.98 Å². The number of halogens is 1. The van der Waals surface area contributed by atoms with E-state index in [2.05, 4.69) is 14.8 Å². The Hall–Kier alpha value is -3.11. The first-order valence-corrected chi connectivity index (χ1v) is 8.98. The van der Waals surface area contributed by atoms with Crippen LogP contribution in [0.25, 0.3) is 4.85 Å². The lowest BCUT2D eigenvalue weighted by Crippen LogP contribution is -2.42. The Kier molecular flexibility index (Phi) is 4.65. The number of Topliss-reactive ketones (excluding diaryl/α,β-unsaturated/α-hetero) is 1. The molecule has 142 valence electrons. The van der Waals surface area contributed by atoms with Gasteiger partial charge in [0.05, 0.1) is 13.2 Å². The first kappa shape index (κ1) is 18.3. The maximum Gasteiger partial charge on any atom is 0.205 e. The normalized spacial score (nSPS) is 23.3. The SMILES string of the molecule is [C-]#[N+]c1ccc(C(=O)Cc2ccc(F)c([C@]34CCO[C@H]3COC(C)=N4)c2)nc1. The third-order valence-electron chi connectivity index (χ3n) is 5.16. The summed E-state index contributed by atoms with van der Waals surface area (Å²) in [6.07, 6.45) is 1.67. The first-order chi connectivity index (χ1) is 13.5. The molecule has 0 saturated carbocycles. The zero-order chi connectivity index (χ0) is 19.7. The average Bonchev–Trinajstić information content (AvgIpc) is 3.13. The van der Waals surface area contributed by atoms with Gasteiger partial charge in [-0.05, 0) is 23.8 Å². The molecule has 0 unspecified atom stereocenters. The molecule has 0 spiro atoms. The number of ketones is 1. The Morgan fingerprint density at radius 2 is 2.25 bits per heavy atom. The van der Waals surface area contributed by atoms with Gasteiger partial charge in [0.15, 0.2) is 11.7 Å². The van der Waals surface area contributed by atoms with Gasteiger partial charge in [-0.1, -0.05) is 12.1 Å². The number of carbonyl (C=O) groups is 1. The molecular formula is C21H18FN3O3. The van der Waals surface area contributed by atoms with Crippen molar-refractivity contribution in [3.63, 3.8) is 0 Å². The lowest BCUT2D eigenvalue weighted by molar-refractivity contribution is 0.0213. The largest absolute Gasteiger partial charge is 0.478 e. The van der Waals surface area contributed by atoms with Crippen LogP contribution in [0.1, 0.15) is 35.0 Å². The molecule has 2 aliphatic heterocycles. The zero-order valence-electron chi connectivity index (χ0n) is 15.3. The van der Waals surface area contributed by atoms with E-state index in [0.29, 0.717) is 42.3 Å². The summed E-state index contributed by atoms with van der Waals surface area (Å²) in [6.45, 7) is 9.50. The summed E-state index contributed by atoms with van der Waals surface area (Å²) in [5.41, 5.74) is 0.940. The number of pyridine rings is 1. The third-order valence-corrected chi connectivity index (χ3v) is 5.16.